The van der Waals surface area contributed by atoms with Gasteiger partial charge in [-0.15, -0.1) is 0 Å². The SMILES string of the molecule is C[NH+](C)[C@H]1CC[C@@H]2[C@H]3CC[C@H]4C[C@H](O)CC[C@]4(C)[C@H]3CC[C@@]21C. The molecule has 23 heavy (non-hydrogen) atoms. The second-order valence-electron chi connectivity index (χ2n) is 10.3. The van der Waals surface area contributed by atoms with Crippen molar-refractivity contribution in [2.45, 2.75) is 83.8 Å². The van der Waals surface area contributed by atoms with Crippen molar-refractivity contribution in [2.24, 2.45) is 34.5 Å². The molecule has 0 heterocycles. The van der Waals surface area contributed by atoms with Crippen LogP contribution in [0.2, 0.25) is 0 Å². The molecular formula is C21H38NO+. The molecule has 8 atom stereocenters. The molecule has 0 amide bonds. The molecule has 0 aromatic heterocycles. The maximum atomic E-state index is 10.1. The molecule has 0 unspecified atom stereocenters. The minimum atomic E-state index is -0.00770. The Bertz CT molecular complexity index is 463. The number of hydrogen-bond acceptors (Lipinski definition) is 1. The Morgan fingerprint density at radius 1 is 0.826 bits per heavy atom. The summed E-state index contributed by atoms with van der Waals surface area (Å²) in [5.41, 5.74) is 1.13. The number of aliphatic hydroxyl groups is 1. The first-order chi connectivity index (χ1) is 10.9. The summed E-state index contributed by atoms with van der Waals surface area (Å²) in [6.07, 6.45) is 12.1. The molecular weight excluding hydrogens is 282 g/mol. The van der Waals surface area contributed by atoms with E-state index in [1.165, 1.54) is 44.9 Å². The van der Waals surface area contributed by atoms with Gasteiger partial charge in [0, 0.05) is 11.8 Å². The highest BCUT2D eigenvalue weighted by Gasteiger charge is 2.61. The minimum absolute atomic E-state index is 0.00770. The average molecular weight is 321 g/mol. The van der Waals surface area contributed by atoms with Gasteiger partial charge in [-0.1, -0.05) is 13.8 Å². The topological polar surface area (TPSA) is 24.7 Å². The van der Waals surface area contributed by atoms with Crippen molar-refractivity contribution >= 4 is 0 Å². The summed E-state index contributed by atoms with van der Waals surface area (Å²) >= 11 is 0. The Kier molecular flexibility index (Phi) is 3.89. The highest BCUT2D eigenvalue weighted by Crippen LogP contribution is 2.65. The predicted octanol–water partition coefficient (Wildman–Crippen LogP) is 2.90. The normalized spacial score (nSPS) is 56.1. The summed E-state index contributed by atoms with van der Waals surface area (Å²) in [6, 6.07) is 0.882. The third-order valence-electron chi connectivity index (χ3n) is 9.34. The van der Waals surface area contributed by atoms with E-state index in [2.05, 4.69) is 27.9 Å². The average Bonchev–Trinajstić information content (AvgIpc) is 2.85. The fourth-order valence-electron chi connectivity index (χ4n) is 8.18. The maximum absolute atomic E-state index is 10.1. The Morgan fingerprint density at radius 2 is 1.52 bits per heavy atom. The summed E-state index contributed by atoms with van der Waals surface area (Å²) in [7, 11) is 4.76. The van der Waals surface area contributed by atoms with Crippen LogP contribution in [0.25, 0.3) is 0 Å². The van der Waals surface area contributed by atoms with E-state index in [1.807, 2.05) is 0 Å². The van der Waals surface area contributed by atoms with E-state index in [-0.39, 0.29) is 6.10 Å². The zero-order valence-corrected chi connectivity index (χ0v) is 15.8. The number of quaternary nitrogens is 1. The smallest absolute Gasteiger partial charge is 0.0927 e. The lowest BCUT2D eigenvalue weighted by molar-refractivity contribution is -0.893. The molecule has 0 spiro atoms. The van der Waals surface area contributed by atoms with Gasteiger partial charge in [0.1, 0.15) is 0 Å². The van der Waals surface area contributed by atoms with E-state index in [0.717, 1.165) is 42.6 Å². The number of hydrogen-bond donors (Lipinski definition) is 2. The largest absolute Gasteiger partial charge is 0.393 e. The molecule has 0 radical (unpaired) electrons. The van der Waals surface area contributed by atoms with E-state index in [9.17, 15) is 5.11 Å². The Labute approximate surface area is 143 Å². The standard InChI is InChI=1S/C21H37NO/c1-20-11-9-15(23)13-14(20)5-6-16-17-7-8-19(22(3)4)21(17,2)12-10-18(16)20/h14-19,23H,5-13H2,1-4H3/p+1/t14-,15+,16+,17+,18-,19-,20-,21-/m0/s1. The van der Waals surface area contributed by atoms with E-state index in [4.69, 9.17) is 0 Å². The molecule has 2 nitrogen and oxygen atoms in total. The quantitative estimate of drug-likeness (QED) is 0.763. The Balaban J connectivity index is 1.60. The lowest BCUT2D eigenvalue weighted by Crippen LogP contribution is -3.11. The van der Waals surface area contributed by atoms with Crippen molar-refractivity contribution in [1.29, 1.82) is 0 Å². The van der Waals surface area contributed by atoms with Crippen LogP contribution in [-0.2, 0) is 0 Å². The van der Waals surface area contributed by atoms with E-state index in [0.29, 0.717) is 10.8 Å². The summed E-state index contributed by atoms with van der Waals surface area (Å²) in [4.78, 5) is 1.69. The van der Waals surface area contributed by atoms with Crippen LogP contribution in [0.4, 0.5) is 0 Å². The van der Waals surface area contributed by atoms with Crippen LogP contribution >= 0.6 is 0 Å². The lowest BCUT2D eigenvalue weighted by atomic mass is 9.45. The molecule has 4 aliphatic carbocycles. The second kappa shape index (κ2) is 5.46. The molecule has 2 N–H and O–H groups in total. The van der Waals surface area contributed by atoms with Gasteiger partial charge in [-0.3, -0.25) is 0 Å². The molecule has 0 aromatic carbocycles. The van der Waals surface area contributed by atoms with Crippen LogP contribution in [0, 0.1) is 34.5 Å². The number of aliphatic hydroxyl groups excluding tert-OH is 1. The first-order valence-corrected chi connectivity index (χ1v) is 10.3. The number of fused-ring (bicyclic) bond motifs is 5. The maximum Gasteiger partial charge on any atom is 0.0927 e. The highest BCUT2D eigenvalue weighted by atomic mass is 16.3. The zero-order chi connectivity index (χ0) is 16.4. The second-order valence-corrected chi connectivity index (χ2v) is 10.3. The molecule has 0 saturated heterocycles. The van der Waals surface area contributed by atoms with Crippen molar-refractivity contribution in [1.82, 2.24) is 0 Å². The molecule has 4 rings (SSSR count). The molecule has 0 bridgehead atoms. The van der Waals surface area contributed by atoms with E-state index >= 15 is 0 Å². The monoisotopic (exact) mass is 320 g/mol. The molecule has 4 saturated carbocycles. The number of nitrogens with one attached hydrogen (secondary N) is 1. The zero-order valence-electron chi connectivity index (χ0n) is 15.8. The molecule has 0 aromatic rings. The first-order valence-electron chi connectivity index (χ1n) is 10.3. The van der Waals surface area contributed by atoms with Crippen molar-refractivity contribution < 1.29 is 10.0 Å². The van der Waals surface area contributed by atoms with Crippen molar-refractivity contribution in [3.63, 3.8) is 0 Å². The van der Waals surface area contributed by atoms with Gasteiger partial charge in [0.25, 0.3) is 0 Å². The van der Waals surface area contributed by atoms with Gasteiger partial charge >= 0.3 is 0 Å². The van der Waals surface area contributed by atoms with Crippen LogP contribution < -0.4 is 4.90 Å². The third kappa shape index (κ3) is 2.27. The molecule has 132 valence electrons. The molecule has 4 aliphatic rings. The van der Waals surface area contributed by atoms with Crippen LogP contribution in [0.1, 0.15) is 71.6 Å². The third-order valence-corrected chi connectivity index (χ3v) is 9.34. The van der Waals surface area contributed by atoms with Crippen LogP contribution in [0.3, 0.4) is 0 Å². The van der Waals surface area contributed by atoms with Gasteiger partial charge < -0.3 is 10.0 Å². The fourth-order valence-corrected chi connectivity index (χ4v) is 8.18. The number of rotatable bonds is 1. The fraction of sp³-hybridized carbons (Fsp3) is 1.00. The van der Waals surface area contributed by atoms with Gasteiger partial charge in [-0.25, -0.2) is 0 Å². The van der Waals surface area contributed by atoms with Gasteiger partial charge in [0.15, 0.2) is 0 Å². The molecule has 2 heteroatoms. The predicted molar refractivity (Wildman–Crippen MR) is 94.3 cm³/mol. The van der Waals surface area contributed by atoms with Crippen LogP contribution in [0.15, 0.2) is 0 Å². The Hall–Kier alpha value is -0.0800. The first kappa shape index (κ1) is 16.4. The van der Waals surface area contributed by atoms with E-state index < -0.39 is 0 Å². The van der Waals surface area contributed by atoms with Crippen LogP contribution in [0.5, 0.6) is 0 Å². The summed E-state index contributed by atoms with van der Waals surface area (Å²) in [5, 5.41) is 10.1. The van der Waals surface area contributed by atoms with Crippen molar-refractivity contribution in [3.8, 4) is 0 Å². The van der Waals surface area contributed by atoms with Crippen molar-refractivity contribution in [3.05, 3.63) is 0 Å². The van der Waals surface area contributed by atoms with Gasteiger partial charge in [-0.2, -0.15) is 0 Å². The van der Waals surface area contributed by atoms with Crippen molar-refractivity contribution in [2.75, 3.05) is 14.1 Å². The molecule has 4 fully saturated rings. The van der Waals surface area contributed by atoms with E-state index in [1.54, 1.807) is 4.90 Å². The van der Waals surface area contributed by atoms with Gasteiger partial charge in [-0.05, 0) is 80.5 Å². The lowest BCUT2D eigenvalue weighted by Gasteiger charge is -2.60. The highest BCUT2D eigenvalue weighted by molar-refractivity contribution is 5.09. The van der Waals surface area contributed by atoms with Crippen LogP contribution in [-0.4, -0.2) is 31.3 Å². The summed E-state index contributed by atoms with van der Waals surface area (Å²) in [6.45, 7) is 5.24. The summed E-state index contributed by atoms with van der Waals surface area (Å²) in [5.74, 6) is 3.71. The Morgan fingerprint density at radius 3 is 2.26 bits per heavy atom. The summed E-state index contributed by atoms with van der Waals surface area (Å²) < 4.78 is 0. The molecule has 0 aliphatic heterocycles. The minimum Gasteiger partial charge on any atom is -0.393 e. The van der Waals surface area contributed by atoms with Gasteiger partial charge in [0.2, 0.25) is 0 Å². The van der Waals surface area contributed by atoms with Gasteiger partial charge in [0.05, 0.1) is 26.2 Å².